The molecule has 1 aliphatic rings. The molecule has 0 bridgehead atoms. The molecule has 2 unspecified atom stereocenters. The maximum absolute atomic E-state index is 3.45. The Kier molecular flexibility index (Phi) is 2.69. The van der Waals surface area contributed by atoms with Gasteiger partial charge >= 0.3 is 0 Å². The molecule has 2 atom stereocenters. The van der Waals surface area contributed by atoms with Crippen LogP contribution in [0.5, 0.6) is 0 Å². The van der Waals surface area contributed by atoms with E-state index in [0.717, 1.165) is 12.0 Å². The summed E-state index contributed by atoms with van der Waals surface area (Å²) < 4.78 is 0. The normalized spacial score (nSPS) is 33.6. The van der Waals surface area contributed by atoms with Gasteiger partial charge in [-0.25, -0.2) is 0 Å². The van der Waals surface area contributed by atoms with Gasteiger partial charge in [0.25, 0.3) is 0 Å². The molecule has 0 saturated carbocycles. The molecule has 1 heterocycles. The minimum atomic E-state index is 0.724. The van der Waals surface area contributed by atoms with Crippen LogP contribution in [0.4, 0.5) is 0 Å². The van der Waals surface area contributed by atoms with Crippen molar-refractivity contribution in [1.29, 1.82) is 0 Å². The van der Waals surface area contributed by atoms with Gasteiger partial charge in [-0.05, 0) is 39.9 Å². The van der Waals surface area contributed by atoms with E-state index in [4.69, 9.17) is 0 Å². The van der Waals surface area contributed by atoms with Crippen LogP contribution in [0.3, 0.4) is 0 Å². The van der Waals surface area contributed by atoms with Crippen molar-refractivity contribution in [2.75, 3.05) is 27.2 Å². The van der Waals surface area contributed by atoms with Gasteiger partial charge in [-0.1, -0.05) is 0 Å². The summed E-state index contributed by atoms with van der Waals surface area (Å²) in [6.45, 7) is 4.72. The molecule has 60 valence electrons. The fourth-order valence-electron chi connectivity index (χ4n) is 1.63. The first-order valence-corrected chi connectivity index (χ1v) is 4.08. The monoisotopic (exact) mass is 142 g/mol. The summed E-state index contributed by atoms with van der Waals surface area (Å²) in [5.41, 5.74) is 0. The van der Waals surface area contributed by atoms with E-state index in [1.54, 1.807) is 0 Å². The molecule has 1 aliphatic heterocycles. The van der Waals surface area contributed by atoms with E-state index in [1.165, 1.54) is 19.5 Å². The van der Waals surface area contributed by atoms with E-state index in [-0.39, 0.29) is 0 Å². The molecule has 0 spiro atoms. The highest BCUT2D eigenvalue weighted by atomic mass is 15.1. The van der Waals surface area contributed by atoms with E-state index in [2.05, 4.69) is 31.2 Å². The van der Waals surface area contributed by atoms with Crippen LogP contribution in [0, 0.1) is 5.92 Å². The number of nitrogens with one attached hydrogen (secondary N) is 1. The van der Waals surface area contributed by atoms with Gasteiger partial charge < -0.3 is 10.2 Å². The Hall–Kier alpha value is -0.0800. The largest absolute Gasteiger partial charge is 0.314 e. The summed E-state index contributed by atoms with van der Waals surface area (Å²) in [6.07, 6.45) is 1.35. The lowest BCUT2D eigenvalue weighted by molar-refractivity contribution is 0.310. The third kappa shape index (κ3) is 1.96. The average molecular weight is 142 g/mol. The SMILES string of the molecule is CC1NCCC1CN(C)C. The van der Waals surface area contributed by atoms with Gasteiger partial charge in [0.2, 0.25) is 0 Å². The Balaban J connectivity index is 2.26. The van der Waals surface area contributed by atoms with Gasteiger partial charge in [0.05, 0.1) is 0 Å². The molecule has 0 aromatic rings. The Morgan fingerprint density at radius 3 is 2.60 bits per heavy atom. The number of hydrogen-bond donors (Lipinski definition) is 1. The van der Waals surface area contributed by atoms with E-state index >= 15 is 0 Å². The van der Waals surface area contributed by atoms with Gasteiger partial charge in [-0.3, -0.25) is 0 Å². The molecule has 0 amide bonds. The summed E-state index contributed by atoms with van der Waals surface area (Å²) in [7, 11) is 4.29. The minimum Gasteiger partial charge on any atom is -0.314 e. The standard InChI is InChI=1S/C8H18N2/c1-7-8(4-5-9-7)6-10(2)3/h7-9H,4-6H2,1-3H3. The van der Waals surface area contributed by atoms with Crippen LogP contribution in [0.2, 0.25) is 0 Å². The highest BCUT2D eigenvalue weighted by molar-refractivity contribution is 4.81. The molecule has 1 fully saturated rings. The molecular weight excluding hydrogens is 124 g/mol. The molecule has 1 saturated heterocycles. The lowest BCUT2D eigenvalue weighted by Crippen LogP contribution is -2.30. The zero-order valence-electron chi connectivity index (χ0n) is 7.22. The van der Waals surface area contributed by atoms with Gasteiger partial charge in [-0.15, -0.1) is 0 Å². The molecule has 0 aromatic carbocycles. The van der Waals surface area contributed by atoms with E-state index in [0.29, 0.717) is 0 Å². The van der Waals surface area contributed by atoms with Crippen LogP contribution in [0.25, 0.3) is 0 Å². The summed E-state index contributed by atoms with van der Waals surface area (Å²) in [5, 5.41) is 3.45. The van der Waals surface area contributed by atoms with Crippen molar-refractivity contribution in [1.82, 2.24) is 10.2 Å². The number of hydrogen-bond acceptors (Lipinski definition) is 2. The molecule has 1 rings (SSSR count). The third-order valence-corrected chi connectivity index (χ3v) is 2.29. The van der Waals surface area contributed by atoms with Crippen LogP contribution >= 0.6 is 0 Å². The Bertz CT molecular complexity index is 101. The van der Waals surface area contributed by atoms with Crippen molar-refractivity contribution in [2.24, 2.45) is 5.92 Å². The second-order valence-electron chi connectivity index (χ2n) is 3.55. The zero-order chi connectivity index (χ0) is 7.56. The average Bonchev–Trinajstić information content (AvgIpc) is 2.15. The van der Waals surface area contributed by atoms with Crippen LogP contribution in [0.15, 0.2) is 0 Å². The molecule has 1 N–H and O–H groups in total. The van der Waals surface area contributed by atoms with Crippen molar-refractivity contribution < 1.29 is 0 Å². The van der Waals surface area contributed by atoms with E-state index in [9.17, 15) is 0 Å². The minimum absolute atomic E-state index is 0.724. The predicted octanol–water partition coefficient (Wildman–Crippen LogP) is 0.546. The maximum Gasteiger partial charge on any atom is 0.00796 e. The van der Waals surface area contributed by atoms with Crippen molar-refractivity contribution in [3.8, 4) is 0 Å². The predicted molar refractivity (Wildman–Crippen MR) is 44.1 cm³/mol. The Labute approximate surface area is 63.6 Å². The fourth-order valence-corrected chi connectivity index (χ4v) is 1.63. The number of nitrogens with zero attached hydrogens (tertiary/aromatic N) is 1. The third-order valence-electron chi connectivity index (χ3n) is 2.29. The highest BCUT2D eigenvalue weighted by Crippen LogP contribution is 2.14. The Morgan fingerprint density at radius 1 is 1.50 bits per heavy atom. The first-order valence-electron chi connectivity index (χ1n) is 4.08. The summed E-state index contributed by atoms with van der Waals surface area (Å²) >= 11 is 0. The van der Waals surface area contributed by atoms with Gasteiger partial charge in [-0.2, -0.15) is 0 Å². The smallest absolute Gasteiger partial charge is 0.00796 e. The molecule has 0 aromatic heterocycles. The molecule has 2 heteroatoms. The Morgan fingerprint density at radius 2 is 2.20 bits per heavy atom. The molecule has 10 heavy (non-hydrogen) atoms. The lowest BCUT2D eigenvalue weighted by atomic mass is 10.0. The quantitative estimate of drug-likeness (QED) is 0.605. The van der Waals surface area contributed by atoms with Crippen molar-refractivity contribution >= 4 is 0 Å². The zero-order valence-corrected chi connectivity index (χ0v) is 7.22. The maximum atomic E-state index is 3.45. The molecule has 0 radical (unpaired) electrons. The summed E-state index contributed by atoms with van der Waals surface area (Å²) in [5.74, 6) is 0.870. The van der Waals surface area contributed by atoms with Crippen LogP contribution < -0.4 is 5.32 Å². The molecule has 0 aliphatic carbocycles. The second-order valence-corrected chi connectivity index (χ2v) is 3.55. The van der Waals surface area contributed by atoms with Crippen LogP contribution in [0.1, 0.15) is 13.3 Å². The second kappa shape index (κ2) is 3.35. The molecular formula is C8H18N2. The lowest BCUT2D eigenvalue weighted by Gasteiger charge is -2.19. The summed E-state index contributed by atoms with van der Waals surface area (Å²) in [6, 6.07) is 0.724. The van der Waals surface area contributed by atoms with Crippen LogP contribution in [-0.4, -0.2) is 38.1 Å². The number of rotatable bonds is 2. The summed E-state index contributed by atoms with van der Waals surface area (Å²) in [4.78, 5) is 2.27. The first kappa shape index (κ1) is 8.02. The van der Waals surface area contributed by atoms with Gasteiger partial charge in [0.15, 0.2) is 0 Å². The van der Waals surface area contributed by atoms with Crippen molar-refractivity contribution in [3.05, 3.63) is 0 Å². The van der Waals surface area contributed by atoms with Crippen molar-refractivity contribution in [3.63, 3.8) is 0 Å². The first-order chi connectivity index (χ1) is 4.70. The van der Waals surface area contributed by atoms with Gasteiger partial charge in [0.1, 0.15) is 0 Å². The van der Waals surface area contributed by atoms with Gasteiger partial charge in [0, 0.05) is 12.6 Å². The van der Waals surface area contributed by atoms with Crippen LogP contribution in [-0.2, 0) is 0 Å². The van der Waals surface area contributed by atoms with Crippen molar-refractivity contribution in [2.45, 2.75) is 19.4 Å². The van der Waals surface area contributed by atoms with E-state index < -0.39 is 0 Å². The van der Waals surface area contributed by atoms with E-state index in [1.807, 2.05) is 0 Å². The highest BCUT2D eigenvalue weighted by Gasteiger charge is 2.22. The topological polar surface area (TPSA) is 15.3 Å². The fraction of sp³-hybridized carbons (Fsp3) is 1.00. The molecule has 2 nitrogen and oxygen atoms in total.